The van der Waals surface area contributed by atoms with Gasteiger partial charge >= 0.3 is 0 Å². The van der Waals surface area contributed by atoms with Gasteiger partial charge in [-0.25, -0.2) is 4.98 Å². The molecule has 0 saturated heterocycles. The second-order valence-corrected chi connectivity index (χ2v) is 7.14. The number of hydrogen-bond donors (Lipinski definition) is 0. The van der Waals surface area contributed by atoms with Crippen LogP contribution in [0.1, 0.15) is 29.8 Å². The van der Waals surface area contributed by atoms with Gasteiger partial charge in [-0.05, 0) is 50.1 Å². The zero-order valence-corrected chi connectivity index (χ0v) is 13.4. The van der Waals surface area contributed by atoms with E-state index in [0.29, 0.717) is 5.41 Å². The maximum absolute atomic E-state index is 4.33. The lowest BCUT2D eigenvalue weighted by Crippen LogP contribution is -2.16. The molecule has 0 N–H and O–H groups in total. The number of aromatic nitrogens is 2. The fraction of sp³-hybridized carbons (Fsp3) is 0.471. The molecule has 0 bridgehead atoms. The van der Waals surface area contributed by atoms with Gasteiger partial charge in [0.15, 0.2) is 0 Å². The van der Waals surface area contributed by atoms with Gasteiger partial charge in [0, 0.05) is 24.4 Å². The normalized spacial score (nSPS) is 16.9. The van der Waals surface area contributed by atoms with Crippen molar-refractivity contribution in [2.75, 3.05) is 12.8 Å². The molecule has 1 atom stereocenters. The molecule has 0 amide bonds. The zero-order chi connectivity index (χ0) is 14.0. The summed E-state index contributed by atoms with van der Waals surface area (Å²) in [5, 5.41) is 0. The van der Waals surface area contributed by atoms with E-state index in [1.54, 1.807) is 0 Å². The Morgan fingerprint density at radius 3 is 2.55 bits per heavy atom. The van der Waals surface area contributed by atoms with Gasteiger partial charge in [-0.1, -0.05) is 24.3 Å². The third kappa shape index (κ3) is 2.81. The number of imidazole rings is 1. The molecule has 1 unspecified atom stereocenters. The van der Waals surface area contributed by atoms with Gasteiger partial charge in [0.25, 0.3) is 0 Å². The van der Waals surface area contributed by atoms with Crippen LogP contribution in [0.25, 0.3) is 0 Å². The quantitative estimate of drug-likeness (QED) is 0.739. The van der Waals surface area contributed by atoms with Crippen molar-refractivity contribution in [3.63, 3.8) is 0 Å². The SMILES string of the molecule is CPCCc1ccc(C2(Cn3ccnc3C)CC2)cc1. The van der Waals surface area contributed by atoms with Crippen molar-refractivity contribution in [3.05, 3.63) is 53.6 Å². The molecular formula is C17H23N2P. The van der Waals surface area contributed by atoms with E-state index in [-0.39, 0.29) is 0 Å². The first-order valence-electron chi connectivity index (χ1n) is 7.45. The van der Waals surface area contributed by atoms with E-state index in [2.05, 4.69) is 53.6 Å². The number of rotatable bonds is 6. The maximum atomic E-state index is 4.33. The van der Waals surface area contributed by atoms with Crippen molar-refractivity contribution < 1.29 is 0 Å². The molecule has 1 saturated carbocycles. The number of hydrogen-bond acceptors (Lipinski definition) is 1. The van der Waals surface area contributed by atoms with Gasteiger partial charge in [0.1, 0.15) is 5.82 Å². The Hall–Kier alpha value is -1.14. The van der Waals surface area contributed by atoms with Gasteiger partial charge < -0.3 is 4.57 Å². The molecule has 1 fully saturated rings. The Morgan fingerprint density at radius 2 is 2.00 bits per heavy atom. The minimum Gasteiger partial charge on any atom is -0.334 e. The van der Waals surface area contributed by atoms with Crippen LogP contribution in [0.5, 0.6) is 0 Å². The molecular weight excluding hydrogens is 263 g/mol. The molecule has 20 heavy (non-hydrogen) atoms. The molecule has 2 nitrogen and oxygen atoms in total. The Labute approximate surface area is 123 Å². The van der Waals surface area contributed by atoms with Crippen molar-refractivity contribution in [2.24, 2.45) is 0 Å². The molecule has 106 valence electrons. The first-order chi connectivity index (χ1) is 9.73. The molecule has 1 aromatic carbocycles. The number of nitrogens with zero attached hydrogens (tertiary/aromatic N) is 2. The van der Waals surface area contributed by atoms with Gasteiger partial charge in [-0.3, -0.25) is 0 Å². The molecule has 3 rings (SSSR count). The van der Waals surface area contributed by atoms with Crippen LogP contribution in [0.4, 0.5) is 0 Å². The summed E-state index contributed by atoms with van der Waals surface area (Å²) in [5.74, 6) is 1.12. The molecule has 0 radical (unpaired) electrons. The van der Waals surface area contributed by atoms with Crippen molar-refractivity contribution >= 4 is 8.58 Å². The Bertz CT molecular complexity index is 567. The lowest BCUT2D eigenvalue weighted by molar-refractivity contribution is 0.537. The average Bonchev–Trinajstić information content (AvgIpc) is 3.15. The predicted molar refractivity (Wildman–Crippen MR) is 87.1 cm³/mol. The lowest BCUT2D eigenvalue weighted by Gasteiger charge is -2.18. The highest BCUT2D eigenvalue weighted by molar-refractivity contribution is 7.36. The minimum atomic E-state index is 0.372. The predicted octanol–water partition coefficient (Wildman–Crippen LogP) is 3.77. The topological polar surface area (TPSA) is 17.8 Å². The van der Waals surface area contributed by atoms with Crippen molar-refractivity contribution in [3.8, 4) is 0 Å². The average molecular weight is 286 g/mol. The molecule has 0 aliphatic heterocycles. The van der Waals surface area contributed by atoms with Gasteiger partial charge in [0.05, 0.1) is 0 Å². The lowest BCUT2D eigenvalue weighted by atomic mass is 9.94. The largest absolute Gasteiger partial charge is 0.334 e. The van der Waals surface area contributed by atoms with Gasteiger partial charge in [-0.2, -0.15) is 0 Å². The van der Waals surface area contributed by atoms with Crippen LogP contribution in [-0.2, 0) is 18.4 Å². The summed E-state index contributed by atoms with van der Waals surface area (Å²) in [6, 6.07) is 9.37. The van der Waals surface area contributed by atoms with Crippen molar-refractivity contribution in [1.82, 2.24) is 9.55 Å². The third-order valence-electron chi connectivity index (χ3n) is 4.48. The fourth-order valence-corrected chi connectivity index (χ4v) is 3.42. The van der Waals surface area contributed by atoms with Gasteiger partial charge in [-0.15, -0.1) is 8.58 Å². The van der Waals surface area contributed by atoms with E-state index in [0.717, 1.165) is 20.9 Å². The second-order valence-electron chi connectivity index (χ2n) is 5.93. The molecule has 3 heteroatoms. The van der Waals surface area contributed by atoms with Crippen LogP contribution in [0, 0.1) is 6.92 Å². The van der Waals surface area contributed by atoms with Crippen LogP contribution in [0.3, 0.4) is 0 Å². The molecule has 1 heterocycles. The Balaban J connectivity index is 1.73. The van der Waals surface area contributed by atoms with Crippen molar-refractivity contribution in [1.29, 1.82) is 0 Å². The monoisotopic (exact) mass is 286 g/mol. The van der Waals surface area contributed by atoms with E-state index >= 15 is 0 Å². The summed E-state index contributed by atoms with van der Waals surface area (Å²) in [5.41, 5.74) is 3.36. The van der Waals surface area contributed by atoms with Crippen LogP contribution in [0.15, 0.2) is 36.7 Å². The summed E-state index contributed by atoms with van der Waals surface area (Å²) < 4.78 is 2.29. The smallest absolute Gasteiger partial charge is 0.105 e. The standard InChI is InChI=1S/C17H23N2P/c1-14-18-10-11-19(14)13-17(8-9-17)16-5-3-15(4-6-16)7-12-20-2/h3-6,10-11,20H,7-9,12-13H2,1-2H3. The van der Waals surface area contributed by atoms with Crippen LogP contribution in [-0.4, -0.2) is 22.4 Å². The second kappa shape index (κ2) is 5.69. The molecule has 1 aromatic heterocycles. The van der Waals surface area contributed by atoms with Crippen LogP contribution >= 0.6 is 8.58 Å². The van der Waals surface area contributed by atoms with E-state index in [9.17, 15) is 0 Å². The van der Waals surface area contributed by atoms with E-state index in [4.69, 9.17) is 0 Å². The summed E-state index contributed by atoms with van der Waals surface area (Å²) in [7, 11) is 1.06. The highest BCUT2D eigenvalue weighted by Crippen LogP contribution is 2.49. The first kappa shape index (κ1) is 13.8. The summed E-state index contributed by atoms with van der Waals surface area (Å²) >= 11 is 0. The Morgan fingerprint density at radius 1 is 1.25 bits per heavy atom. The maximum Gasteiger partial charge on any atom is 0.105 e. The van der Waals surface area contributed by atoms with Crippen molar-refractivity contribution in [2.45, 2.75) is 38.1 Å². The van der Waals surface area contributed by atoms with E-state index in [1.165, 1.54) is 36.6 Å². The molecule has 1 aliphatic rings. The summed E-state index contributed by atoms with van der Waals surface area (Å²) in [4.78, 5) is 4.33. The number of benzene rings is 1. The van der Waals surface area contributed by atoms with E-state index in [1.807, 2.05) is 6.20 Å². The highest BCUT2D eigenvalue weighted by Gasteiger charge is 2.44. The van der Waals surface area contributed by atoms with Crippen LogP contribution in [0.2, 0.25) is 0 Å². The van der Waals surface area contributed by atoms with Gasteiger partial charge in [0.2, 0.25) is 0 Å². The minimum absolute atomic E-state index is 0.372. The number of aryl methyl sites for hydroxylation is 2. The Kier molecular flexibility index (Phi) is 3.94. The molecule has 0 spiro atoms. The van der Waals surface area contributed by atoms with Crippen LogP contribution < -0.4 is 0 Å². The van der Waals surface area contributed by atoms with E-state index < -0.39 is 0 Å². The highest BCUT2D eigenvalue weighted by atomic mass is 31.1. The first-order valence-corrected chi connectivity index (χ1v) is 9.16. The zero-order valence-electron chi connectivity index (χ0n) is 12.4. The summed E-state index contributed by atoms with van der Waals surface area (Å²) in [6.45, 7) is 5.44. The molecule has 1 aliphatic carbocycles. The molecule has 2 aromatic rings. The summed E-state index contributed by atoms with van der Waals surface area (Å²) in [6.07, 6.45) is 9.16. The third-order valence-corrected chi connectivity index (χ3v) is 5.23. The fourth-order valence-electron chi connectivity index (χ4n) is 2.88.